The Balaban J connectivity index is 2.54. The third-order valence-corrected chi connectivity index (χ3v) is 2.41. The van der Waals surface area contributed by atoms with E-state index in [1.54, 1.807) is 0 Å². The van der Waals surface area contributed by atoms with Gasteiger partial charge in [-0.25, -0.2) is 9.18 Å². The highest BCUT2D eigenvalue weighted by molar-refractivity contribution is 5.89. The third kappa shape index (κ3) is 4.04. The number of anilines is 1. The van der Waals surface area contributed by atoms with Crippen molar-refractivity contribution in [3.63, 3.8) is 0 Å². The van der Waals surface area contributed by atoms with Crippen molar-refractivity contribution in [3.8, 4) is 0 Å². The summed E-state index contributed by atoms with van der Waals surface area (Å²) in [5.74, 6) is -1.99. The zero-order valence-corrected chi connectivity index (χ0v) is 10.2. The minimum absolute atomic E-state index is 0.0996. The molecule has 1 aromatic rings. The van der Waals surface area contributed by atoms with Crippen molar-refractivity contribution in [2.75, 3.05) is 18.9 Å². The van der Waals surface area contributed by atoms with Crippen LogP contribution >= 0.6 is 0 Å². The van der Waals surface area contributed by atoms with Gasteiger partial charge in [0, 0.05) is 19.3 Å². The van der Waals surface area contributed by atoms with E-state index in [2.05, 4.69) is 5.32 Å². The smallest absolute Gasteiger partial charge is 0.321 e. The molecule has 5 nitrogen and oxygen atoms in total. The standard InChI is InChI=1S/C12H15FN2O3/c1-8(11(16)17)7-15(2)12(18)14-10-5-3-9(13)4-6-10/h3-6,8H,7H2,1-2H3,(H,14,18)(H,16,17). The fourth-order valence-corrected chi connectivity index (χ4v) is 1.32. The lowest BCUT2D eigenvalue weighted by molar-refractivity contribution is -0.141. The molecule has 0 aliphatic rings. The molecule has 0 radical (unpaired) electrons. The predicted molar refractivity (Wildman–Crippen MR) is 64.8 cm³/mol. The Labute approximate surface area is 104 Å². The van der Waals surface area contributed by atoms with Crippen molar-refractivity contribution in [2.24, 2.45) is 5.92 Å². The number of urea groups is 1. The van der Waals surface area contributed by atoms with Crippen LogP contribution in [0.3, 0.4) is 0 Å². The molecule has 0 saturated carbocycles. The Hall–Kier alpha value is -2.11. The van der Waals surface area contributed by atoms with Crippen LogP contribution in [-0.2, 0) is 4.79 Å². The maximum absolute atomic E-state index is 12.7. The van der Waals surface area contributed by atoms with Gasteiger partial charge in [0.1, 0.15) is 5.82 Å². The number of halogens is 1. The average molecular weight is 254 g/mol. The van der Waals surface area contributed by atoms with Gasteiger partial charge in [-0.2, -0.15) is 0 Å². The molecule has 18 heavy (non-hydrogen) atoms. The summed E-state index contributed by atoms with van der Waals surface area (Å²) in [6.07, 6.45) is 0. The monoisotopic (exact) mass is 254 g/mol. The summed E-state index contributed by atoms with van der Waals surface area (Å²) in [6, 6.07) is 4.89. The van der Waals surface area contributed by atoms with E-state index in [4.69, 9.17) is 5.11 Å². The van der Waals surface area contributed by atoms with Crippen molar-refractivity contribution < 1.29 is 19.1 Å². The van der Waals surface area contributed by atoms with E-state index in [1.165, 1.54) is 43.1 Å². The van der Waals surface area contributed by atoms with E-state index in [0.717, 1.165) is 0 Å². The number of amides is 2. The molecule has 2 N–H and O–H groups in total. The van der Waals surface area contributed by atoms with Gasteiger partial charge in [0.2, 0.25) is 0 Å². The highest BCUT2D eigenvalue weighted by Crippen LogP contribution is 2.09. The number of carbonyl (C=O) groups is 2. The highest BCUT2D eigenvalue weighted by Gasteiger charge is 2.17. The summed E-state index contributed by atoms with van der Waals surface area (Å²) in [5, 5.41) is 11.3. The molecule has 2 amide bonds. The third-order valence-electron chi connectivity index (χ3n) is 2.41. The second-order valence-corrected chi connectivity index (χ2v) is 4.06. The molecule has 0 saturated heterocycles. The van der Waals surface area contributed by atoms with Gasteiger partial charge in [0.25, 0.3) is 0 Å². The Kier molecular flexibility index (Phi) is 4.65. The van der Waals surface area contributed by atoms with Crippen molar-refractivity contribution in [3.05, 3.63) is 30.1 Å². The second-order valence-electron chi connectivity index (χ2n) is 4.06. The number of benzene rings is 1. The highest BCUT2D eigenvalue weighted by atomic mass is 19.1. The molecular weight excluding hydrogens is 239 g/mol. The number of aliphatic carboxylic acids is 1. The minimum atomic E-state index is -0.962. The Morgan fingerprint density at radius 2 is 1.94 bits per heavy atom. The number of hydrogen-bond acceptors (Lipinski definition) is 2. The number of carboxylic acids is 1. The van der Waals surface area contributed by atoms with E-state index in [-0.39, 0.29) is 12.4 Å². The summed E-state index contributed by atoms with van der Waals surface area (Å²) in [6.45, 7) is 1.62. The van der Waals surface area contributed by atoms with E-state index in [1.807, 2.05) is 0 Å². The van der Waals surface area contributed by atoms with Crippen LogP contribution in [0.15, 0.2) is 24.3 Å². The molecule has 0 aliphatic carbocycles. The first-order valence-electron chi connectivity index (χ1n) is 5.40. The van der Waals surface area contributed by atoms with E-state index in [9.17, 15) is 14.0 Å². The van der Waals surface area contributed by atoms with Crippen molar-refractivity contribution >= 4 is 17.7 Å². The van der Waals surface area contributed by atoms with Gasteiger partial charge in [-0.15, -0.1) is 0 Å². The molecule has 0 spiro atoms. The van der Waals surface area contributed by atoms with E-state index in [0.29, 0.717) is 5.69 Å². The maximum atomic E-state index is 12.7. The largest absolute Gasteiger partial charge is 0.481 e. The molecule has 98 valence electrons. The van der Waals surface area contributed by atoms with E-state index >= 15 is 0 Å². The van der Waals surface area contributed by atoms with Gasteiger partial charge < -0.3 is 15.3 Å². The molecular formula is C12H15FN2O3. The first kappa shape index (κ1) is 14.0. The number of carbonyl (C=O) groups excluding carboxylic acids is 1. The lowest BCUT2D eigenvalue weighted by Gasteiger charge is -2.19. The fourth-order valence-electron chi connectivity index (χ4n) is 1.32. The summed E-state index contributed by atoms with van der Waals surface area (Å²) in [4.78, 5) is 23.6. The van der Waals surface area contributed by atoms with Gasteiger partial charge in [-0.1, -0.05) is 6.92 Å². The van der Waals surface area contributed by atoms with Crippen molar-refractivity contribution in [2.45, 2.75) is 6.92 Å². The normalized spacial score (nSPS) is 11.7. The number of carboxylic acid groups (broad SMARTS) is 1. The van der Waals surface area contributed by atoms with Crippen LogP contribution in [-0.4, -0.2) is 35.6 Å². The molecule has 6 heteroatoms. The van der Waals surface area contributed by atoms with Crippen molar-refractivity contribution in [1.29, 1.82) is 0 Å². The predicted octanol–water partition coefficient (Wildman–Crippen LogP) is 2.01. The minimum Gasteiger partial charge on any atom is -0.481 e. The fraction of sp³-hybridized carbons (Fsp3) is 0.333. The van der Waals surface area contributed by atoms with Crippen molar-refractivity contribution in [1.82, 2.24) is 4.90 Å². The maximum Gasteiger partial charge on any atom is 0.321 e. The topological polar surface area (TPSA) is 69.6 Å². The summed E-state index contributed by atoms with van der Waals surface area (Å²) in [7, 11) is 1.50. The van der Waals surface area contributed by atoms with Gasteiger partial charge >= 0.3 is 12.0 Å². The molecule has 0 bridgehead atoms. The molecule has 1 aromatic carbocycles. The lowest BCUT2D eigenvalue weighted by Crippen LogP contribution is -2.36. The number of hydrogen-bond donors (Lipinski definition) is 2. The molecule has 1 unspecified atom stereocenters. The zero-order chi connectivity index (χ0) is 13.7. The molecule has 0 aromatic heterocycles. The first-order valence-corrected chi connectivity index (χ1v) is 5.40. The molecule has 0 aliphatic heterocycles. The number of nitrogens with one attached hydrogen (secondary N) is 1. The molecule has 0 heterocycles. The van der Waals surface area contributed by atoms with E-state index < -0.39 is 17.9 Å². The average Bonchev–Trinajstić information content (AvgIpc) is 2.31. The van der Waals surface area contributed by atoms with Crippen LogP contribution in [0.5, 0.6) is 0 Å². The zero-order valence-electron chi connectivity index (χ0n) is 10.2. The quantitative estimate of drug-likeness (QED) is 0.863. The number of nitrogens with zero attached hydrogens (tertiary/aromatic N) is 1. The van der Waals surface area contributed by atoms with Crippen LogP contribution < -0.4 is 5.32 Å². The summed E-state index contributed by atoms with van der Waals surface area (Å²) < 4.78 is 12.7. The second kappa shape index (κ2) is 6.00. The van der Waals surface area contributed by atoms with Gasteiger partial charge in [0.15, 0.2) is 0 Å². The first-order chi connectivity index (χ1) is 8.40. The van der Waals surface area contributed by atoms with Crippen LogP contribution in [0.1, 0.15) is 6.92 Å². The van der Waals surface area contributed by atoms with Gasteiger partial charge in [0.05, 0.1) is 5.92 Å². The van der Waals surface area contributed by atoms with Gasteiger partial charge in [-0.05, 0) is 24.3 Å². The molecule has 0 fully saturated rings. The SMILES string of the molecule is CC(CN(C)C(=O)Nc1ccc(F)cc1)C(=O)O. The van der Waals surface area contributed by atoms with Crippen LogP contribution in [0.2, 0.25) is 0 Å². The summed E-state index contributed by atoms with van der Waals surface area (Å²) >= 11 is 0. The summed E-state index contributed by atoms with van der Waals surface area (Å²) in [5.41, 5.74) is 0.455. The Morgan fingerprint density at radius 3 is 2.44 bits per heavy atom. The molecule has 1 atom stereocenters. The molecule has 1 rings (SSSR count). The van der Waals surface area contributed by atoms with Crippen LogP contribution in [0.4, 0.5) is 14.9 Å². The van der Waals surface area contributed by atoms with Crippen LogP contribution in [0, 0.1) is 11.7 Å². The number of rotatable bonds is 4. The van der Waals surface area contributed by atoms with Gasteiger partial charge in [-0.3, -0.25) is 4.79 Å². The lowest BCUT2D eigenvalue weighted by atomic mass is 10.2. The Bertz CT molecular complexity index is 433. The Morgan fingerprint density at radius 1 is 1.39 bits per heavy atom. The van der Waals surface area contributed by atoms with Crippen LogP contribution in [0.25, 0.3) is 0 Å².